The van der Waals surface area contributed by atoms with Crippen molar-refractivity contribution in [3.63, 3.8) is 0 Å². The number of carbonyl (C=O) groups is 1. The van der Waals surface area contributed by atoms with E-state index in [2.05, 4.69) is 15.2 Å². The molecule has 1 unspecified atom stereocenters. The van der Waals surface area contributed by atoms with E-state index in [4.69, 9.17) is 19.6 Å². The number of hydrogen-bond acceptors (Lipinski definition) is 8. The predicted molar refractivity (Wildman–Crippen MR) is 126 cm³/mol. The number of hydrogen-bond donors (Lipinski definition) is 2. The van der Waals surface area contributed by atoms with Crippen molar-refractivity contribution in [1.82, 2.24) is 15.2 Å². The fourth-order valence-electron chi connectivity index (χ4n) is 4.06. The molecule has 1 aromatic carbocycles. The second-order valence-corrected chi connectivity index (χ2v) is 7.96. The number of amides is 1. The highest BCUT2D eigenvalue weighted by molar-refractivity contribution is 6.41. The van der Waals surface area contributed by atoms with Crippen LogP contribution in [0.4, 0.5) is 11.4 Å². The number of likely N-dealkylation sites (tertiary alicyclic amines) is 1. The third-order valence-corrected chi connectivity index (χ3v) is 5.70. The lowest BCUT2D eigenvalue weighted by Crippen LogP contribution is -2.35. The third-order valence-electron chi connectivity index (χ3n) is 5.70. The van der Waals surface area contributed by atoms with E-state index in [9.17, 15) is 4.79 Å². The second-order valence-electron chi connectivity index (χ2n) is 7.96. The molecule has 0 radical (unpaired) electrons. The minimum Gasteiger partial charge on any atom is -0.490 e. The van der Waals surface area contributed by atoms with Crippen LogP contribution in [-0.2, 0) is 4.79 Å². The zero-order chi connectivity index (χ0) is 23.4. The van der Waals surface area contributed by atoms with Gasteiger partial charge in [0.05, 0.1) is 37.8 Å². The minimum atomic E-state index is -0.292. The molecule has 9 heteroatoms. The van der Waals surface area contributed by atoms with E-state index in [0.29, 0.717) is 44.3 Å². The zero-order valence-electron chi connectivity index (χ0n) is 19.1. The summed E-state index contributed by atoms with van der Waals surface area (Å²) >= 11 is 0. The number of methoxy groups -OCH3 is 1. The van der Waals surface area contributed by atoms with Crippen LogP contribution in [0.15, 0.2) is 42.7 Å². The van der Waals surface area contributed by atoms with Crippen molar-refractivity contribution >= 4 is 23.0 Å². The Kier molecular flexibility index (Phi) is 6.67. The van der Waals surface area contributed by atoms with Crippen molar-refractivity contribution in [1.29, 1.82) is 5.41 Å². The van der Waals surface area contributed by atoms with E-state index in [1.165, 1.54) is 6.08 Å². The van der Waals surface area contributed by atoms with Crippen molar-refractivity contribution < 1.29 is 19.0 Å². The summed E-state index contributed by atoms with van der Waals surface area (Å²) < 4.78 is 17.4. The highest BCUT2D eigenvalue weighted by Gasteiger charge is 2.29. The molecule has 174 valence electrons. The molecule has 0 bridgehead atoms. The highest BCUT2D eigenvalue weighted by Crippen LogP contribution is 2.40. The Morgan fingerprint density at radius 1 is 1.33 bits per heavy atom. The van der Waals surface area contributed by atoms with Gasteiger partial charge in [-0.25, -0.2) is 4.98 Å². The molecule has 2 aliphatic heterocycles. The molecule has 4 rings (SSSR count). The quantitative estimate of drug-likeness (QED) is 0.624. The molecule has 1 saturated heterocycles. The molecular formula is C24H29N5O4. The average Bonchev–Trinajstić information content (AvgIpc) is 3.30. The van der Waals surface area contributed by atoms with Crippen molar-refractivity contribution in [2.75, 3.05) is 45.3 Å². The molecule has 0 spiro atoms. The Hall–Kier alpha value is -3.75. The number of ether oxygens (including phenoxy) is 3. The molecule has 3 heterocycles. The fraction of sp³-hybridized carbons (Fsp3) is 0.375. The third kappa shape index (κ3) is 4.87. The van der Waals surface area contributed by atoms with Crippen LogP contribution in [0.3, 0.4) is 0 Å². The molecule has 1 atom stereocenters. The summed E-state index contributed by atoms with van der Waals surface area (Å²) in [6.07, 6.45) is 5.42. The van der Waals surface area contributed by atoms with Gasteiger partial charge in [0.15, 0.2) is 0 Å². The van der Waals surface area contributed by atoms with Crippen LogP contribution in [-0.4, -0.2) is 68.0 Å². The molecule has 2 N–H and O–H groups in total. The van der Waals surface area contributed by atoms with E-state index >= 15 is 0 Å². The van der Waals surface area contributed by atoms with Gasteiger partial charge in [-0.2, -0.15) is 0 Å². The number of fused-ring (bicyclic) bond motifs is 1. The normalized spacial score (nSPS) is 17.5. The van der Waals surface area contributed by atoms with Crippen LogP contribution in [0.2, 0.25) is 0 Å². The standard InChI is InChI=1S/C24H29N5O4/c1-16-12-17(14-27-23(16)31-3)29-10-11-32-22-5-4-18(13-21(22)29)33-19-7-9-28(15-19)24(30)20(25)6-8-26-2/h4-6,8,12-14,19,25-26H,7,9-11,15H2,1-3H3/b8-6-,25-20?. The van der Waals surface area contributed by atoms with Gasteiger partial charge in [0.2, 0.25) is 5.88 Å². The Balaban J connectivity index is 1.47. The highest BCUT2D eigenvalue weighted by atomic mass is 16.5. The Morgan fingerprint density at radius 3 is 2.94 bits per heavy atom. The fourth-order valence-corrected chi connectivity index (χ4v) is 4.06. The van der Waals surface area contributed by atoms with Gasteiger partial charge in [-0.3, -0.25) is 10.2 Å². The van der Waals surface area contributed by atoms with E-state index in [1.807, 2.05) is 31.2 Å². The number of nitrogens with one attached hydrogen (secondary N) is 2. The minimum absolute atomic E-state index is 0.0463. The van der Waals surface area contributed by atoms with Crippen LogP contribution in [0.25, 0.3) is 0 Å². The Bertz CT molecular complexity index is 1070. The SMILES string of the molecule is CN/C=C\C(=N)C(=O)N1CCC(Oc2ccc3c(c2)N(c2cnc(OC)c(C)c2)CCO3)C1. The first-order valence-electron chi connectivity index (χ1n) is 10.9. The molecule has 1 amide bonds. The van der Waals surface area contributed by atoms with Crippen molar-refractivity contribution in [3.05, 3.63) is 48.3 Å². The van der Waals surface area contributed by atoms with Crippen LogP contribution < -0.4 is 24.4 Å². The molecule has 1 fully saturated rings. The van der Waals surface area contributed by atoms with Crippen molar-refractivity contribution in [2.24, 2.45) is 0 Å². The lowest BCUT2D eigenvalue weighted by atomic mass is 10.2. The molecule has 9 nitrogen and oxygen atoms in total. The summed E-state index contributed by atoms with van der Waals surface area (Å²) in [6, 6.07) is 7.82. The van der Waals surface area contributed by atoms with Gasteiger partial charge in [0.25, 0.3) is 5.91 Å². The molecule has 33 heavy (non-hydrogen) atoms. The van der Waals surface area contributed by atoms with E-state index in [0.717, 1.165) is 22.7 Å². The van der Waals surface area contributed by atoms with Crippen LogP contribution in [0.1, 0.15) is 12.0 Å². The number of anilines is 2. The molecule has 0 saturated carbocycles. The van der Waals surface area contributed by atoms with E-state index < -0.39 is 0 Å². The first-order chi connectivity index (χ1) is 16.0. The largest absolute Gasteiger partial charge is 0.490 e. The van der Waals surface area contributed by atoms with Crippen LogP contribution in [0, 0.1) is 12.3 Å². The maximum absolute atomic E-state index is 12.4. The molecule has 0 aliphatic carbocycles. The number of benzene rings is 1. The van der Waals surface area contributed by atoms with Gasteiger partial charge in [-0.1, -0.05) is 0 Å². The van der Waals surface area contributed by atoms with Gasteiger partial charge in [0, 0.05) is 31.6 Å². The van der Waals surface area contributed by atoms with Gasteiger partial charge in [-0.05, 0) is 37.4 Å². The lowest BCUT2D eigenvalue weighted by Gasteiger charge is -2.32. The van der Waals surface area contributed by atoms with Crippen LogP contribution >= 0.6 is 0 Å². The number of rotatable bonds is 7. The topological polar surface area (TPSA) is 100 Å². The summed E-state index contributed by atoms with van der Waals surface area (Å²) in [7, 11) is 3.34. The summed E-state index contributed by atoms with van der Waals surface area (Å²) in [4.78, 5) is 20.7. The molecule has 2 aromatic rings. The van der Waals surface area contributed by atoms with Gasteiger partial charge >= 0.3 is 0 Å². The van der Waals surface area contributed by atoms with Gasteiger partial charge < -0.3 is 29.3 Å². The first-order valence-corrected chi connectivity index (χ1v) is 10.9. The van der Waals surface area contributed by atoms with Gasteiger partial charge in [0.1, 0.15) is 29.9 Å². The lowest BCUT2D eigenvalue weighted by molar-refractivity contribution is -0.123. The smallest absolute Gasteiger partial charge is 0.271 e. The molecule has 2 aliphatic rings. The summed E-state index contributed by atoms with van der Waals surface area (Å²) in [6.45, 7) is 4.26. The monoisotopic (exact) mass is 451 g/mol. The van der Waals surface area contributed by atoms with Crippen molar-refractivity contribution in [3.8, 4) is 17.4 Å². The number of aryl methyl sites for hydroxylation is 1. The van der Waals surface area contributed by atoms with E-state index in [1.54, 1.807) is 31.5 Å². The van der Waals surface area contributed by atoms with Gasteiger partial charge in [-0.15, -0.1) is 0 Å². The van der Waals surface area contributed by atoms with Crippen molar-refractivity contribution in [2.45, 2.75) is 19.4 Å². The van der Waals surface area contributed by atoms with Crippen LogP contribution in [0.5, 0.6) is 17.4 Å². The Morgan fingerprint density at radius 2 is 2.18 bits per heavy atom. The summed E-state index contributed by atoms with van der Waals surface area (Å²) in [5.41, 5.74) is 2.78. The number of pyridine rings is 1. The summed E-state index contributed by atoms with van der Waals surface area (Å²) in [5, 5.41) is 10.7. The number of nitrogens with zero attached hydrogens (tertiary/aromatic N) is 3. The second kappa shape index (κ2) is 9.81. The average molecular weight is 452 g/mol. The number of aromatic nitrogens is 1. The Labute approximate surface area is 193 Å². The maximum atomic E-state index is 12.4. The summed E-state index contributed by atoms with van der Waals surface area (Å²) in [5.74, 6) is 1.82. The predicted octanol–water partition coefficient (Wildman–Crippen LogP) is 2.66. The molecular weight excluding hydrogens is 422 g/mol. The zero-order valence-corrected chi connectivity index (χ0v) is 19.1. The van der Waals surface area contributed by atoms with E-state index in [-0.39, 0.29) is 17.7 Å². The molecule has 1 aromatic heterocycles. The number of carbonyl (C=O) groups excluding carboxylic acids is 1. The maximum Gasteiger partial charge on any atom is 0.271 e. The first kappa shape index (κ1) is 22.4.